The van der Waals surface area contributed by atoms with E-state index in [2.05, 4.69) is 89.8 Å². The van der Waals surface area contributed by atoms with E-state index >= 15 is 0 Å². The Bertz CT molecular complexity index is 6450. The van der Waals surface area contributed by atoms with Crippen LogP contribution >= 0.6 is 34.0 Å². The summed E-state index contributed by atoms with van der Waals surface area (Å²) in [4.78, 5) is 106. The lowest BCUT2D eigenvalue weighted by molar-refractivity contribution is -0.220. The summed E-state index contributed by atoms with van der Waals surface area (Å²) in [6.07, 6.45) is 5.13. The molecule has 0 radical (unpaired) electrons. The first kappa shape index (κ1) is 87.9. The van der Waals surface area contributed by atoms with Gasteiger partial charge in [-0.25, -0.2) is 24.5 Å². The second kappa shape index (κ2) is 34.5. The number of thiazole rings is 3. The minimum atomic E-state index is -0.987. The van der Waals surface area contributed by atoms with Gasteiger partial charge in [-0.05, 0) is 131 Å². The van der Waals surface area contributed by atoms with Gasteiger partial charge in [0.2, 0.25) is 17.7 Å². The fourth-order valence-electron chi connectivity index (χ4n) is 23.0. The zero-order chi connectivity index (χ0) is 91.3. The summed E-state index contributed by atoms with van der Waals surface area (Å²) < 4.78 is 53.6. The van der Waals surface area contributed by atoms with Gasteiger partial charge in [0.25, 0.3) is 5.91 Å². The molecule has 12 atom stereocenters. The third-order valence-corrected chi connectivity index (χ3v) is 31.9. The molecule has 8 fully saturated rings. The number of hydrogen-bond acceptors (Lipinski definition) is 23. The number of carboxylic acid groups (broad SMARTS) is 2. The van der Waals surface area contributed by atoms with E-state index in [0.29, 0.717) is 165 Å². The lowest BCUT2D eigenvalue weighted by Gasteiger charge is -2.56. The number of fused-ring (bicyclic) bond motifs is 4. The number of esters is 1. The Morgan fingerprint density at radius 1 is 0.379 bits per heavy atom. The largest absolute Gasteiger partial charge is 0.481 e. The van der Waals surface area contributed by atoms with Crippen LogP contribution in [0.4, 0.5) is 26.8 Å². The van der Waals surface area contributed by atoms with Gasteiger partial charge in [0.15, 0.2) is 38.5 Å². The maximum Gasteiger partial charge on any atom is 0.337 e. The molecule has 12 aliphatic carbocycles. The smallest absolute Gasteiger partial charge is 0.337 e. The normalized spacial score (nSPS) is 26.7. The van der Waals surface area contributed by atoms with Crippen molar-refractivity contribution in [1.29, 1.82) is 0 Å². The summed E-state index contributed by atoms with van der Waals surface area (Å²) in [5.41, 5.74) is 22.0. The van der Waals surface area contributed by atoms with E-state index in [1.54, 1.807) is 78.9 Å². The molecular formula is C101H96N10O18S3. The molecule has 4 saturated heterocycles. The molecule has 8 bridgehead atoms. The number of aromatic carboxylic acids is 1. The Balaban J connectivity index is 0.000000113. The fourth-order valence-corrected chi connectivity index (χ4v) is 25.1. The zero-order valence-corrected chi connectivity index (χ0v) is 75.4. The molecule has 11 aromatic rings. The molecule has 676 valence electrons. The number of azide groups is 1. The molecule has 7 heterocycles. The first-order chi connectivity index (χ1) is 63.8. The van der Waals surface area contributed by atoms with E-state index in [9.17, 15) is 43.8 Å². The van der Waals surface area contributed by atoms with Crippen LogP contribution in [0.1, 0.15) is 202 Å². The molecule has 4 spiro atoms. The summed E-state index contributed by atoms with van der Waals surface area (Å²) in [6, 6.07) is 60.7. The number of amides is 4. The Labute approximate surface area is 772 Å². The van der Waals surface area contributed by atoms with Crippen molar-refractivity contribution in [3.8, 4) is 33.8 Å². The summed E-state index contributed by atoms with van der Waals surface area (Å²) >= 11 is 4.06. The topological polar surface area (TPSA) is 379 Å². The Morgan fingerprint density at radius 3 is 0.992 bits per heavy atom. The van der Waals surface area contributed by atoms with Crippen LogP contribution in [0.3, 0.4) is 0 Å². The molecule has 3 aromatic heterocycles. The van der Waals surface area contributed by atoms with Crippen molar-refractivity contribution in [1.82, 2.24) is 15.0 Å². The quantitative estimate of drug-likeness (QED) is 0.0240. The van der Waals surface area contributed by atoms with Crippen LogP contribution in [0.25, 0.3) is 44.2 Å². The van der Waals surface area contributed by atoms with Crippen LogP contribution in [0.15, 0.2) is 215 Å². The number of nitrogens with zero attached hydrogens (tertiary/aromatic N) is 6. The second-order valence-electron chi connectivity index (χ2n) is 36.8. The highest BCUT2D eigenvalue weighted by molar-refractivity contribution is 7.14. The van der Waals surface area contributed by atoms with Gasteiger partial charge in [-0.15, -0.1) is 34.0 Å². The maximum atomic E-state index is 13.9. The van der Waals surface area contributed by atoms with Crippen molar-refractivity contribution in [2.75, 3.05) is 81.2 Å². The first-order valence-corrected chi connectivity index (χ1v) is 47.0. The minimum Gasteiger partial charge on any atom is -0.481 e. The third-order valence-electron chi connectivity index (χ3n) is 29.7. The van der Waals surface area contributed by atoms with Gasteiger partial charge in [0.1, 0.15) is 0 Å². The molecule has 4 aliphatic heterocycles. The molecule has 28 nitrogen and oxygen atoms in total. The zero-order valence-electron chi connectivity index (χ0n) is 73.0. The van der Waals surface area contributed by atoms with E-state index in [0.717, 1.165) is 11.1 Å². The summed E-state index contributed by atoms with van der Waals surface area (Å²) in [5, 5.41) is 41.7. The molecule has 12 unspecified atom stereocenters. The van der Waals surface area contributed by atoms with Crippen LogP contribution in [-0.2, 0) is 61.8 Å². The molecule has 4 amide bonds. The van der Waals surface area contributed by atoms with Crippen LogP contribution < -0.4 is 21.3 Å². The van der Waals surface area contributed by atoms with E-state index in [1.807, 2.05) is 111 Å². The standard InChI is InChI=1S/C32H28N6O4S.C27H26N2O5S.C26H24N2O5S.C16H18O4/c1-31(16-26-24-8-3-2-7-23(24)25(31)17-32(26)41-13-14-42-32)29(40)36-30-35-27(18-43-30)19-5-4-6-20(15-19)28(39)34-21-9-11-22(12-10-21)37-38-33;1-26(13-21-19-9-4-3-8-18(19)20(26)14-27(21)33-10-11-34-27)24(31)29-25-28-22(15-35-25)16-6-5-7-17(12-16)23(30)32-2;1-25(12-20-18-8-3-2-7-17(18)19(25)13-26(20)32-9-10-33-26)23(31)28-24-27-21(14-34-24)15-5-4-6-16(11-15)22(29)30;1-15(14(17)18)8-13-11-5-3-2-4-10(11)12(15)9-16(13)19-6-7-20-16/h2-12,15,18,25-26H,13-14,16-17H2,1H3,(H,34,39)(H,35,36,40);3-9,12,15,20-21H,10-11,13-14H2,1-2H3,(H,28,29,31);2-8,11,14,19-20H,9-10,12-13H2,1H3,(H,29,30)(H,27,28,31);2-5,12-13H,6-9H2,1H3,(H,17,18). The number of aromatic nitrogens is 3. The van der Waals surface area contributed by atoms with Gasteiger partial charge in [0, 0.05) is 128 Å². The highest BCUT2D eigenvalue weighted by Crippen LogP contribution is 2.69. The van der Waals surface area contributed by atoms with Gasteiger partial charge in [-0.2, -0.15) is 0 Å². The summed E-state index contributed by atoms with van der Waals surface area (Å²) in [7, 11) is 1.36. The monoisotopic (exact) mass is 1830 g/mol. The van der Waals surface area contributed by atoms with Crippen LogP contribution in [-0.4, -0.2) is 150 Å². The lowest BCUT2D eigenvalue weighted by atomic mass is 9.52. The molecule has 132 heavy (non-hydrogen) atoms. The number of nitrogens with one attached hydrogen (secondary N) is 4. The van der Waals surface area contributed by atoms with Crippen LogP contribution in [0.2, 0.25) is 0 Å². The van der Waals surface area contributed by atoms with Gasteiger partial charge in [0.05, 0.1) is 110 Å². The Morgan fingerprint density at radius 2 is 0.674 bits per heavy atom. The van der Waals surface area contributed by atoms with Crippen molar-refractivity contribution in [3.63, 3.8) is 0 Å². The fraction of sp³-hybridized carbons (Fsp3) is 0.366. The number of anilines is 4. The van der Waals surface area contributed by atoms with E-state index < -0.39 is 62.7 Å². The Kier molecular flexibility index (Phi) is 23.0. The van der Waals surface area contributed by atoms with Gasteiger partial charge < -0.3 is 74.1 Å². The number of carboxylic acids is 2. The molecule has 6 N–H and O–H groups in total. The number of methoxy groups -OCH3 is 1. The third kappa shape index (κ3) is 15.4. The molecule has 16 aliphatic rings. The number of benzene rings is 8. The van der Waals surface area contributed by atoms with E-state index in [4.69, 9.17) is 53.1 Å². The van der Waals surface area contributed by atoms with Gasteiger partial charge >= 0.3 is 17.9 Å². The predicted molar refractivity (Wildman–Crippen MR) is 493 cm³/mol. The predicted octanol–water partition coefficient (Wildman–Crippen LogP) is 19.7. The summed E-state index contributed by atoms with van der Waals surface area (Å²) in [6.45, 7) is 12.7. The first-order valence-electron chi connectivity index (χ1n) is 44.4. The van der Waals surface area contributed by atoms with Crippen LogP contribution in [0.5, 0.6) is 0 Å². The lowest BCUT2D eigenvalue weighted by Crippen LogP contribution is -2.56. The minimum absolute atomic E-state index is 0.00226. The SMILES string of the molecule is CC1(C(=O)Nc2nc(-c3cccc(C(=O)Nc4ccc(N=[N+]=[N-])cc4)c3)cs2)CC2c3ccccc3C1CC21OCCO1.CC1(C(=O)Nc2nc(-c3cccc(C(=O)O)c3)cs2)CC2c3ccccc3C1CC21OCCO1.CC1(C(=O)O)CC2c3ccccc3C1CC21OCCO1.COC(=O)c1cccc(-c2csc(NC(=O)C3(C)CC4c5ccccc5C3CC43OCCO3)n2)c1. The number of hydrogen-bond donors (Lipinski definition) is 6. The van der Waals surface area contributed by atoms with Crippen LogP contribution in [0, 0.1) is 21.7 Å². The molecular weight excluding hydrogens is 1740 g/mol. The highest BCUT2D eigenvalue weighted by atomic mass is 32.1. The van der Waals surface area contributed by atoms with Gasteiger partial charge in [-0.3, -0.25) is 24.0 Å². The number of ether oxygens (including phenoxy) is 9. The number of carbonyl (C=O) groups excluding carboxylic acids is 5. The van der Waals surface area contributed by atoms with E-state index in [1.165, 1.54) is 85.6 Å². The Hall–Kier alpha value is -12.1. The van der Waals surface area contributed by atoms with Gasteiger partial charge in [-0.1, -0.05) is 171 Å². The van der Waals surface area contributed by atoms with Crippen molar-refractivity contribution in [2.24, 2.45) is 26.8 Å². The number of aliphatic carboxylic acids is 1. The average Bonchev–Trinajstić information content (AvgIpc) is 1.22. The number of carbonyl (C=O) groups is 7. The molecule has 31 heteroatoms. The molecule has 8 aromatic carbocycles. The second-order valence-corrected chi connectivity index (χ2v) is 39.4. The molecule has 4 saturated carbocycles. The van der Waals surface area contributed by atoms with Crippen molar-refractivity contribution < 1.29 is 86.4 Å². The van der Waals surface area contributed by atoms with E-state index in [-0.39, 0.29) is 76.5 Å². The maximum absolute atomic E-state index is 13.9. The summed E-state index contributed by atoms with van der Waals surface area (Å²) in [5.74, 6) is -5.18. The highest BCUT2D eigenvalue weighted by Gasteiger charge is 2.68. The average molecular weight is 1830 g/mol. The van der Waals surface area contributed by atoms with Crippen molar-refractivity contribution in [3.05, 3.63) is 282 Å². The van der Waals surface area contributed by atoms with Crippen molar-refractivity contribution >= 4 is 102 Å². The number of rotatable bonds is 15. The van der Waals surface area contributed by atoms with Crippen molar-refractivity contribution in [2.45, 2.75) is 150 Å². The molecule has 27 rings (SSSR count).